The van der Waals surface area contributed by atoms with Gasteiger partial charge in [0.1, 0.15) is 12.4 Å². The molecule has 0 unspecified atom stereocenters. The number of benzene rings is 3. The largest absolute Gasteiger partial charge is 0.493 e. The van der Waals surface area contributed by atoms with Crippen LogP contribution in [0, 0.1) is 10.5 Å². The monoisotopic (exact) mass is 676 g/mol. The van der Waals surface area contributed by atoms with Gasteiger partial charge < -0.3 is 24.8 Å². The van der Waals surface area contributed by atoms with Gasteiger partial charge in [-0.05, 0) is 89.2 Å². The van der Waals surface area contributed by atoms with Crippen LogP contribution >= 0.6 is 34.2 Å². The van der Waals surface area contributed by atoms with Gasteiger partial charge in [0.05, 0.1) is 16.9 Å². The van der Waals surface area contributed by atoms with Gasteiger partial charge in [0, 0.05) is 16.4 Å². The number of nitrogens with one attached hydrogen (secondary N) is 3. The summed E-state index contributed by atoms with van der Waals surface area (Å²) in [6, 6.07) is 15.1. The minimum absolute atomic E-state index is 0.262. The number of amides is 3. The van der Waals surface area contributed by atoms with E-state index in [0.29, 0.717) is 49.4 Å². The first-order chi connectivity index (χ1) is 19.2. The lowest BCUT2D eigenvalue weighted by Crippen LogP contribution is -2.32. The quantitative estimate of drug-likeness (QED) is 0.0869. The number of carbonyl (C=O) groups excluding carboxylic acids is 3. The molecule has 3 aromatic carbocycles. The highest BCUT2D eigenvalue weighted by Gasteiger charge is 2.15. The predicted octanol–water partition coefficient (Wildman–Crippen LogP) is 4.93. The molecule has 10 nitrogen and oxygen atoms in total. The Kier molecular flexibility index (Phi) is 11.3. The highest BCUT2D eigenvalue weighted by Crippen LogP contribution is 2.33. The van der Waals surface area contributed by atoms with Gasteiger partial charge in [-0.2, -0.15) is 5.10 Å². The van der Waals surface area contributed by atoms with E-state index in [1.165, 1.54) is 13.3 Å². The van der Waals surface area contributed by atoms with Crippen molar-refractivity contribution in [2.24, 2.45) is 5.10 Å². The first-order valence-electron chi connectivity index (χ1n) is 11.7. The maximum absolute atomic E-state index is 12.4. The minimum Gasteiger partial charge on any atom is -0.493 e. The van der Waals surface area contributed by atoms with Crippen molar-refractivity contribution >= 4 is 69.5 Å². The molecule has 0 bridgehead atoms. The van der Waals surface area contributed by atoms with Gasteiger partial charge in [-0.1, -0.05) is 30.3 Å². The first kappa shape index (κ1) is 30.4. The Morgan fingerprint density at radius 2 is 1.77 bits per heavy atom. The van der Waals surface area contributed by atoms with Crippen molar-refractivity contribution in [1.82, 2.24) is 5.43 Å². The molecule has 0 aliphatic heterocycles. The SMILES string of the molecule is C=CCOc1ccc(NC(=O)C(=O)N/N=C\c2cc(I)c(OCC(=O)Nc3cc(Cl)ccc3C)c(OC)c2)cc1. The number of aryl methyl sites for hydroxylation is 1. The number of carbonyl (C=O) groups is 3. The van der Waals surface area contributed by atoms with E-state index >= 15 is 0 Å². The van der Waals surface area contributed by atoms with Crippen molar-refractivity contribution in [3.63, 3.8) is 0 Å². The molecule has 3 amide bonds. The van der Waals surface area contributed by atoms with Crippen molar-refractivity contribution in [3.8, 4) is 17.2 Å². The van der Waals surface area contributed by atoms with Gasteiger partial charge in [-0.3, -0.25) is 14.4 Å². The lowest BCUT2D eigenvalue weighted by atomic mass is 10.2. The number of methoxy groups -OCH3 is 1. The maximum atomic E-state index is 12.4. The second kappa shape index (κ2) is 14.9. The Morgan fingerprint density at radius 1 is 1.02 bits per heavy atom. The van der Waals surface area contributed by atoms with Crippen LogP contribution in [0.1, 0.15) is 11.1 Å². The summed E-state index contributed by atoms with van der Waals surface area (Å²) in [6.07, 6.45) is 2.96. The van der Waals surface area contributed by atoms with Crippen LogP contribution in [0.15, 0.2) is 72.4 Å². The molecule has 0 heterocycles. The van der Waals surface area contributed by atoms with E-state index in [9.17, 15) is 14.4 Å². The Morgan fingerprint density at radius 3 is 2.48 bits per heavy atom. The van der Waals surface area contributed by atoms with Crippen LogP contribution in [-0.4, -0.2) is 44.3 Å². The van der Waals surface area contributed by atoms with Crippen LogP contribution in [0.2, 0.25) is 5.02 Å². The van der Waals surface area contributed by atoms with E-state index in [2.05, 4.69) is 27.7 Å². The highest BCUT2D eigenvalue weighted by molar-refractivity contribution is 14.1. The summed E-state index contributed by atoms with van der Waals surface area (Å²) in [7, 11) is 1.46. The lowest BCUT2D eigenvalue weighted by molar-refractivity contribution is -0.136. The van der Waals surface area contributed by atoms with Crippen molar-refractivity contribution in [1.29, 1.82) is 0 Å². The third-order valence-electron chi connectivity index (χ3n) is 5.14. The number of hydrogen-bond donors (Lipinski definition) is 3. The van der Waals surface area contributed by atoms with Crippen molar-refractivity contribution in [2.45, 2.75) is 6.92 Å². The Balaban J connectivity index is 1.56. The molecule has 0 saturated heterocycles. The number of nitrogens with zero attached hydrogens (tertiary/aromatic N) is 1. The van der Waals surface area contributed by atoms with Crippen LogP contribution in [0.4, 0.5) is 11.4 Å². The molecule has 3 aromatic rings. The van der Waals surface area contributed by atoms with Gasteiger partial charge in [-0.15, -0.1) is 0 Å². The van der Waals surface area contributed by atoms with Crippen molar-refractivity contribution < 1.29 is 28.6 Å². The summed E-state index contributed by atoms with van der Waals surface area (Å²) in [5, 5.41) is 9.59. The number of anilines is 2. The second-order valence-electron chi connectivity index (χ2n) is 8.11. The molecule has 3 N–H and O–H groups in total. The summed E-state index contributed by atoms with van der Waals surface area (Å²) in [5.41, 5.74) is 4.61. The van der Waals surface area contributed by atoms with Gasteiger partial charge in [0.25, 0.3) is 5.91 Å². The van der Waals surface area contributed by atoms with Crippen molar-refractivity contribution in [2.75, 3.05) is 31.0 Å². The topological polar surface area (TPSA) is 127 Å². The highest BCUT2D eigenvalue weighted by atomic mass is 127. The fraction of sp³-hybridized carbons (Fsp3) is 0.143. The molecule has 0 atom stereocenters. The zero-order chi connectivity index (χ0) is 29.1. The Bertz CT molecular complexity index is 1430. The molecule has 0 spiro atoms. The van der Waals surface area contributed by atoms with Crippen LogP contribution in [-0.2, 0) is 14.4 Å². The van der Waals surface area contributed by atoms with E-state index in [-0.39, 0.29) is 12.5 Å². The van der Waals surface area contributed by atoms with E-state index in [1.807, 2.05) is 29.5 Å². The van der Waals surface area contributed by atoms with Gasteiger partial charge in [0.2, 0.25) is 0 Å². The van der Waals surface area contributed by atoms with Crippen LogP contribution in [0.3, 0.4) is 0 Å². The molecule has 12 heteroatoms. The maximum Gasteiger partial charge on any atom is 0.329 e. The van der Waals surface area contributed by atoms with E-state index in [0.717, 1.165) is 5.56 Å². The molecule has 40 heavy (non-hydrogen) atoms. The predicted molar refractivity (Wildman–Crippen MR) is 163 cm³/mol. The molecule has 0 saturated carbocycles. The molecule has 0 aliphatic rings. The van der Waals surface area contributed by atoms with Gasteiger partial charge >= 0.3 is 11.8 Å². The zero-order valence-electron chi connectivity index (χ0n) is 21.6. The average molecular weight is 677 g/mol. The Hall–Kier alpha value is -4.10. The molecular weight excluding hydrogens is 651 g/mol. The third kappa shape index (κ3) is 8.99. The molecule has 0 aliphatic carbocycles. The molecular formula is C28H26ClIN4O6. The Labute approximate surface area is 249 Å². The fourth-order valence-corrected chi connectivity index (χ4v) is 4.15. The summed E-state index contributed by atoms with van der Waals surface area (Å²) in [5.74, 6) is -0.895. The number of rotatable bonds is 11. The number of ether oxygens (including phenoxy) is 3. The third-order valence-corrected chi connectivity index (χ3v) is 6.18. The molecule has 0 fully saturated rings. The minimum atomic E-state index is -0.953. The standard InChI is InChI=1S/C28H26ClIN4O6/c1-4-11-39-21-9-7-20(8-10-21)32-27(36)28(37)34-31-15-18-12-22(30)26(24(13-18)38-3)40-16-25(35)33-23-14-19(29)6-5-17(23)2/h4-10,12-15H,1,11,16H2,2-3H3,(H,32,36)(H,33,35)(H,34,37)/b31-15-. The summed E-state index contributed by atoms with van der Waals surface area (Å²) >= 11 is 8.04. The van der Waals surface area contributed by atoms with Crippen LogP contribution in [0.25, 0.3) is 0 Å². The summed E-state index contributed by atoms with van der Waals surface area (Å²) in [4.78, 5) is 36.7. The van der Waals surface area contributed by atoms with Gasteiger partial charge in [0.15, 0.2) is 18.1 Å². The molecule has 208 valence electrons. The van der Waals surface area contributed by atoms with Crippen molar-refractivity contribution in [3.05, 3.63) is 87.0 Å². The lowest BCUT2D eigenvalue weighted by Gasteiger charge is -2.14. The molecule has 0 radical (unpaired) electrons. The number of halogens is 2. The van der Waals surface area contributed by atoms with E-state index < -0.39 is 11.8 Å². The smallest absolute Gasteiger partial charge is 0.329 e. The van der Waals surface area contributed by atoms with E-state index in [1.54, 1.807) is 60.7 Å². The zero-order valence-corrected chi connectivity index (χ0v) is 24.5. The first-order valence-corrected chi connectivity index (χ1v) is 13.2. The van der Waals surface area contributed by atoms with E-state index in [4.69, 9.17) is 25.8 Å². The molecule has 3 rings (SSSR count). The average Bonchev–Trinajstić information content (AvgIpc) is 2.93. The summed E-state index contributed by atoms with van der Waals surface area (Å²) in [6.45, 7) is 5.52. The second-order valence-corrected chi connectivity index (χ2v) is 9.71. The number of hydrogen-bond acceptors (Lipinski definition) is 7. The van der Waals surface area contributed by atoms with Crippen LogP contribution < -0.4 is 30.3 Å². The summed E-state index contributed by atoms with van der Waals surface area (Å²) < 4.78 is 17.1. The molecule has 0 aromatic heterocycles. The van der Waals surface area contributed by atoms with Gasteiger partial charge in [-0.25, -0.2) is 5.43 Å². The normalized spacial score (nSPS) is 10.5. The fourth-order valence-electron chi connectivity index (χ4n) is 3.20. The van der Waals surface area contributed by atoms with Crippen LogP contribution in [0.5, 0.6) is 17.2 Å². The number of hydrazone groups is 1.